The van der Waals surface area contributed by atoms with E-state index in [2.05, 4.69) is 19.9 Å². The molecule has 56 heavy (non-hydrogen) atoms. The molecule has 0 aromatic carbocycles. The number of hydrogen-bond acceptors (Lipinski definition) is 11. The SMILES string of the molecule is CCC1/C=C/C=C/C[C@@H](C)[C@@H](O)[C@@](C)(O)C(=O)[C@H](C)[C@H](O)[C@H](C)C(=O)[C@H](C)[C@H](O)[C@@H](C)/C=C\C(=O)OC2[C@@H](C)C(CC1)OC1(CC[C@@H](C)C(C[C@H](C)O)O1)[C@@H]2C. The van der Waals surface area contributed by atoms with Gasteiger partial charge in [0, 0.05) is 48.0 Å². The minimum absolute atomic E-state index is 0.168. The predicted molar refractivity (Wildman–Crippen MR) is 215 cm³/mol. The van der Waals surface area contributed by atoms with E-state index in [0.717, 1.165) is 19.3 Å². The van der Waals surface area contributed by atoms with Crippen LogP contribution < -0.4 is 0 Å². The van der Waals surface area contributed by atoms with E-state index in [9.17, 15) is 39.9 Å². The van der Waals surface area contributed by atoms with Crippen molar-refractivity contribution in [3.8, 4) is 0 Å². The Morgan fingerprint density at radius 2 is 1.48 bits per heavy atom. The summed E-state index contributed by atoms with van der Waals surface area (Å²) in [6.45, 7) is 19.1. The van der Waals surface area contributed by atoms with E-state index in [-0.39, 0.29) is 35.9 Å². The van der Waals surface area contributed by atoms with Crippen molar-refractivity contribution in [2.45, 2.75) is 175 Å². The number of aliphatic hydroxyl groups excluding tert-OH is 4. The summed E-state index contributed by atoms with van der Waals surface area (Å²) >= 11 is 0. The first-order valence-corrected chi connectivity index (χ1v) is 21.2. The van der Waals surface area contributed by atoms with E-state index in [1.165, 1.54) is 39.8 Å². The zero-order chi connectivity index (χ0) is 42.3. The highest BCUT2D eigenvalue weighted by Gasteiger charge is 2.56. The number of aliphatic hydroxyl groups is 5. The number of esters is 1. The molecule has 1 spiro atoms. The number of allylic oxidation sites excluding steroid dienone is 4. The van der Waals surface area contributed by atoms with Crippen LogP contribution in [0.2, 0.25) is 0 Å². The lowest BCUT2D eigenvalue weighted by Gasteiger charge is -2.55. The fraction of sp³-hybridized carbons (Fsp3) is 0.800. The minimum Gasteiger partial charge on any atom is -0.458 e. The summed E-state index contributed by atoms with van der Waals surface area (Å²) in [5.74, 6) is -7.28. The molecule has 3 aliphatic rings. The second kappa shape index (κ2) is 20.6. The van der Waals surface area contributed by atoms with Gasteiger partial charge in [-0.15, -0.1) is 0 Å². The van der Waals surface area contributed by atoms with E-state index in [0.29, 0.717) is 25.7 Å². The molecule has 3 rings (SSSR count). The zero-order valence-electron chi connectivity index (χ0n) is 35.8. The Morgan fingerprint density at radius 1 is 0.839 bits per heavy atom. The fourth-order valence-corrected chi connectivity index (χ4v) is 9.01. The van der Waals surface area contributed by atoms with E-state index in [1.807, 2.05) is 32.1 Å². The van der Waals surface area contributed by atoms with Crippen molar-refractivity contribution in [1.82, 2.24) is 0 Å². The Balaban J connectivity index is 1.99. The summed E-state index contributed by atoms with van der Waals surface area (Å²) in [6.07, 6.45) is 9.62. The number of carbonyl (C=O) groups excluding carboxylic acids is 3. The van der Waals surface area contributed by atoms with Gasteiger partial charge in [0.1, 0.15) is 17.5 Å². The maximum atomic E-state index is 13.5. The standard InChI is InChI=1S/C45H74O11/c1-12-34-17-15-13-14-16-27(4)42(51)44(11,53)43(52)32(9)40(50)31(8)39(49)30(7)38(48)26(3)18-21-37(47)54-41-29(6)35(20-19-34)55-45(33(41)10)23-22-25(2)36(56-45)24-28(5)46/h13-15,17-18,21,25-36,38,40-42,46,48,50-51,53H,12,16,19-20,22-24H2,1-11H3/b14-13+,17-15+,21-18-/t25-,26+,27-,28+,29+,30-,31-,32-,33-,34?,35?,36?,38-,40-,41?,42-,44-,45?/m1/s1. The molecule has 0 aromatic rings. The number of carbonyl (C=O) groups is 3. The molecule has 5 unspecified atom stereocenters. The van der Waals surface area contributed by atoms with Crippen molar-refractivity contribution < 1.29 is 54.1 Å². The van der Waals surface area contributed by atoms with Gasteiger partial charge in [-0.25, -0.2) is 4.79 Å². The Labute approximate surface area is 336 Å². The van der Waals surface area contributed by atoms with Crippen LogP contribution >= 0.6 is 0 Å². The number of ether oxygens (including phenoxy) is 3. The van der Waals surface area contributed by atoms with Crippen LogP contribution in [0, 0.1) is 53.3 Å². The van der Waals surface area contributed by atoms with Crippen LogP contribution in [0.25, 0.3) is 0 Å². The van der Waals surface area contributed by atoms with Crippen molar-refractivity contribution >= 4 is 17.5 Å². The Morgan fingerprint density at radius 3 is 2.11 bits per heavy atom. The average molecular weight is 791 g/mol. The molecule has 5 N–H and O–H groups in total. The third kappa shape index (κ3) is 11.5. The van der Waals surface area contributed by atoms with Gasteiger partial charge in [-0.05, 0) is 70.1 Å². The van der Waals surface area contributed by atoms with Gasteiger partial charge in [0.2, 0.25) is 0 Å². The normalized spacial score (nSPS) is 46.8. The quantitative estimate of drug-likeness (QED) is 0.216. The van der Waals surface area contributed by atoms with E-state index in [4.69, 9.17) is 14.2 Å². The summed E-state index contributed by atoms with van der Waals surface area (Å²) < 4.78 is 20.0. The first kappa shape index (κ1) is 48.1. The number of hydrogen-bond donors (Lipinski definition) is 5. The van der Waals surface area contributed by atoms with Crippen LogP contribution in [0.4, 0.5) is 0 Å². The van der Waals surface area contributed by atoms with Crippen molar-refractivity contribution in [2.24, 2.45) is 53.3 Å². The van der Waals surface area contributed by atoms with E-state index >= 15 is 0 Å². The topological polar surface area (TPSA) is 180 Å². The predicted octanol–water partition coefficient (Wildman–Crippen LogP) is 5.88. The molecule has 0 aromatic heterocycles. The number of rotatable bonds is 3. The van der Waals surface area contributed by atoms with E-state index in [1.54, 1.807) is 20.8 Å². The highest BCUT2D eigenvalue weighted by molar-refractivity contribution is 5.91. The molecule has 18 atom stereocenters. The molecule has 0 radical (unpaired) electrons. The van der Waals surface area contributed by atoms with Crippen LogP contribution in [0.15, 0.2) is 36.5 Å². The summed E-state index contributed by atoms with van der Waals surface area (Å²) in [7, 11) is 0. The van der Waals surface area contributed by atoms with Crippen LogP contribution in [0.5, 0.6) is 0 Å². The van der Waals surface area contributed by atoms with E-state index < -0.39 is 89.0 Å². The molecule has 0 amide bonds. The maximum Gasteiger partial charge on any atom is 0.330 e. The lowest BCUT2D eigenvalue weighted by molar-refractivity contribution is -0.371. The molecular weight excluding hydrogens is 716 g/mol. The average Bonchev–Trinajstić information content (AvgIpc) is 3.16. The molecule has 3 heterocycles. The van der Waals surface area contributed by atoms with Gasteiger partial charge in [0.05, 0.1) is 36.6 Å². The molecule has 11 nitrogen and oxygen atoms in total. The number of fused-ring (bicyclic) bond motifs is 2. The summed E-state index contributed by atoms with van der Waals surface area (Å²) in [5, 5.41) is 55.0. The zero-order valence-corrected chi connectivity index (χ0v) is 35.8. The molecule has 0 aliphatic carbocycles. The Hall–Kier alpha value is -2.25. The van der Waals surface area contributed by atoms with Crippen molar-refractivity contribution in [3.05, 3.63) is 36.5 Å². The molecule has 2 bridgehead atoms. The third-order valence-electron chi connectivity index (χ3n) is 13.4. The summed E-state index contributed by atoms with van der Waals surface area (Å²) in [6, 6.07) is 0. The number of Topliss-reactive ketones (excluding diaryl/α,β-unsaturated/α-hetero) is 2. The van der Waals surface area contributed by atoms with Gasteiger partial charge in [0.15, 0.2) is 11.6 Å². The van der Waals surface area contributed by atoms with Crippen LogP contribution in [0.3, 0.4) is 0 Å². The van der Waals surface area contributed by atoms with Gasteiger partial charge >= 0.3 is 5.97 Å². The lowest BCUT2D eigenvalue weighted by Crippen LogP contribution is -2.62. The van der Waals surface area contributed by atoms with Gasteiger partial charge < -0.3 is 39.7 Å². The second-order valence-corrected chi connectivity index (χ2v) is 18.0. The fourth-order valence-electron chi connectivity index (χ4n) is 9.01. The third-order valence-corrected chi connectivity index (χ3v) is 13.4. The number of ketones is 2. The largest absolute Gasteiger partial charge is 0.458 e. The molecule has 3 aliphatic heterocycles. The maximum absolute atomic E-state index is 13.5. The minimum atomic E-state index is -2.18. The smallest absolute Gasteiger partial charge is 0.330 e. The molecule has 11 heteroatoms. The Bertz CT molecular complexity index is 1390. The highest BCUT2D eigenvalue weighted by Crippen LogP contribution is 2.49. The molecule has 2 fully saturated rings. The van der Waals surface area contributed by atoms with Gasteiger partial charge in [-0.2, -0.15) is 0 Å². The van der Waals surface area contributed by atoms with Crippen LogP contribution in [-0.2, 0) is 28.6 Å². The van der Waals surface area contributed by atoms with Crippen molar-refractivity contribution in [3.63, 3.8) is 0 Å². The van der Waals surface area contributed by atoms with Crippen molar-refractivity contribution in [1.29, 1.82) is 0 Å². The van der Waals surface area contributed by atoms with Gasteiger partial charge in [0.25, 0.3) is 0 Å². The van der Waals surface area contributed by atoms with Crippen LogP contribution in [-0.4, -0.2) is 97.2 Å². The van der Waals surface area contributed by atoms with Gasteiger partial charge in [-0.3, -0.25) is 9.59 Å². The molecule has 320 valence electrons. The monoisotopic (exact) mass is 791 g/mol. The molecule has 2 saturated heterocycles. The summed E-state index contributed by atoms with van der Waals surface area (Å²) in [4.78, 5) is 40.5. The second-order valence-electron chi connectivity index (χ2n) is 18.0. The highest BCUT2D eigenvalue weighted by atomic mass is 16.7. The van der Waals surface area contributed by atoms with Crippen molar-refractivity contribution in [2.75, 3.05) is 0 Å². The molecule has 0 saturated carbocycles. The first-order valence-electron chi connectivity index (χ1n) is 21.2. The molecular formula is C45H74O11. The van der Waals surface area contributed by atoms with Gasteiger partial charge in [-0.1, -0.05) is 92.7 Å². The Kier molecular flexibility index (Phi) is 17.7. The summed E-state index contributed by atoms with van der Waals surface area (Å²) in [5.41, 5.74) is -2.18. The lowest BCUT2D eigenvalue weighted by atomic mass is 9.74. The first-order chi connectivity index (χ1) is 26.1. The van der Waals surface area contributed by atoms with Crippen LogP contribution in [0.1, 0.15) is 121 Å².